The van der Waals surface area contributed by atoms with Crippen molar-refractivity contribution in [1.82, 2.24) is 4.90 Å². The van der Waals surface area contributed by atoms with Crippen LogP contribution in [0.3, 0.4) is 0 Å². The minimum atomic E-state index is -0.223. The van der Waals surface area contributed by atoms with E-state index in [9.17, 15) is 19.5 Å². The highest BCUT2D eigenvalue weighted by Crippen LogP contribution is 2.13. The molecule has 0 aromatic heterocycles. The monoisotopic (exact) mass is 889 g/mol. The molecule has 0 aliphatic heterocycles. The Morgan fingerprint density at radius 1 is 0.561 bits per heavy atom. The summed E-state index contributed by atoms with van der Waals surface area (Å²) in [6, 6.07) is 0. The fourth-order valence-corrected chi connectivity index (χ4v) is 7.60. The van der Waals surface area contributed by atoms with E-state index in [0.29, 0.717) is 29.7 Å². The summed E-state index contributed by atoms with van der Waals surface area (Å²) in [6.45, 7) is 6.05. The number of nitrogens with zero attached hydrogens (tertiary/aromatic N) is 2. The summed E-state index contributed by atoms with van der Waals surface area (Å²) in [5.41, 5.74) is 0. The second kappa shape index (κ2) is 44.2. The number of aliphatic hydroxyl groups is 1. The van der Waals surface area contributed by atoms with Crippen molar-refractivity contribution in [3.63, 3.8) is 0 Å². The van der Waals surface area contributed by atoms with Gasteiger partial charge in [0.2, 0.25) is 5.91 Å². The maximum atomic E-state index is 13.2. The molecule has 0 saturated heterocycles. The molecular weight excluding hydrogens is 800 g/mol. The molecule has 0 spiro atoms. The van der Waals surface area contributed by atoms with Crippen LogP contribution in [0, 0.1) is 0 Å². The quantitative estimate of drug-likeness (QED) is 0.0216. The minimum absolute atomic E-state index is 0. The van der Waals surface area contributed by atoms with Crippen LogP contribution < -0.4 is 17.0 Å². The lowest BCUT2D eigenvalue weighted by Gasteiger charge is -2.29. The number of amides is 1. The molecule has 0 fully saturated rings. The number of thioether (sulfide) groups is 1. The van der Waals surface area contributed by atoms with Crippen molar-refractivity contribution in [2.45, 2.75) is 194 Å². The molecule has 0 saturated carbocycles. The summed E-state index contributed by atoms with van der Waals surface area (Å²) in [6.07, 6.45) is 41.7. The first-order valence-electron chi connectivity index (χ1n) is 23.1. The first kappa shape index (κ1) is 57.7. The molecule has 0 rings (SSSR count). The maximum Gasteiger partial charge on any atom is 0.305 e. The average Bonchev–Trinajstić information content (AvgIpc) is 3.17. The van der Waals surface area contributed by atoms with Gasteiger partial charge < -0.3 is 40.9 Å². The summed E-state index contributed by atoms with van der Waals surface area (Å²) < 4.78 is 11.6. The number of aliphatic hydroxyl groups excluding tert-OH is 1. The second-order valence-corrected chi connectivity index (χ2v) is 17.3. The summed E-state index contributed by atoms with van der Waals surface area (Å²) in [5.74, 6) is 0.452. The molecule has 0 aromatic carbocycles. The Morgan fingerprint density at radius 3 is 1.28 bits per heavy atom. The van der Waals surface area contributed by atoms with Gasteiger partial charge in [0, 0.05) is 12.8 Å². The molecule has 336 valence electrons. The van der Waals surface area contributed by atoms with Gasteiger partial charge in [-0.15, -0.1) is 0 Å². The SMILES string of the molecule is CCCCCCCC/C=C\CCCCCCCC(=O)OCCN(CCOC(=O)CCCCCCC/C=C\CCCCCCCC)C(=O)CSC[N+](C)(C)CCO.[Br-]. The van der Waals surface area contributed by atoms with E-state index in [-0.39, 0.29) is 73.5 Å². The number of rotatable bonds is 42. The minimum Gasteiger partial charge on any atom is -1.00 e. The van der Waals surface area contributed by atoms with Crippen LogP contribution in [-0.4, -0.2) is 97.5 Å². The van der Waals surface area contributed by atoms with E-state index in [0.717, 1.165) is 51.4 Å². The molecule has 0 bridgehead atoms. The Kier molecular flexibility index (Phi) is 44.8. The fraction of sp³-hybridized carbons (Fsp3) is 0.851. The highest BCUT2D eigenvalue weighted by atomic mass is 79.9. The van der Waals surface area contributed by atoms with Crippen LogP contribution in [0.15, 0.2) is 24.3 Å². The standard InChI is InChI=1S/C47H89N2O6S.BrH/c1-5-7-9-11-13-15-17-19-21-23-25-27-29-31-33-35-46(52)54-41-37-48(45(51)43-56-44-49(3,4)39-40-50)38-42-55-47(53)36-34-32-30-28-26-24-22-20-18-16-14-12-10-8-6-2;/h19-22,50H,5-18,23-44H2,1-4H3;1H/q+1;/p-1/b21-19-,22-20-;. The number of halogens is 1. The highest BCUT2D eigenvalue weighted by Gasteiger charge is 2.19. The summed E-state index contributed by atoms with van der Waals surface area (Å²) in [4.78, 5) is 39.6. The molecule has 0 radical (unpaired) electrons. The van der Waals surface area contributed by atoms with Crippen molar-refractivity contribution in [3.8, 4) is 0 Å². The van der Waals surface area contributed by atoms with Crippen molar-refractivity contribution in [2.24, 2.45) is 0 Å². The van der Waals surface area contributed by atoms with Crippen LogP contribution in [0.4, 0.5) is 0 Å². The summed E-state index contributed by atoms with van der Waals surface area (Å²) in [5, 5.41) is 9.32. The predicted octanol–water partition coefficient (Wildman–Crippen LogP) is 8.74. The zero-order valence-corrected chi connectivity index (χ0v) is 39.8. The third-order valence-corrected chi connectivity index (χ3v) is 11.6. The first-order valence-corrected chi connectivity index (χ1v) is 24.3. The lowest BCUT2D eigenvalue weighted by molar-refractivity contribution is -0.877. The van der Waals surface area contributed by atoms with E-state index in [1.165, 1.54) is 127 Å². The Bertz CT molecular complexity index is 922. The number of esters is 2. The topological polar surface area (TPSA) is 93.1 Å². The van der Waals surface area contributed by atoms with E-state index in [1.807, 2.05) is 14.1 Å². The zero-order chi connectivity index (χ0) is 41.2. The number of unbranched alkanes of at least 4 members (excludes halogenated alkanes) is 22. The number of hydrogen-bond acceptors (Lipinski definition) is 7. The number of quaternary nitrogens is 1. The van der Waals surface area contributed by atoms with Crippen molar-refractivity contribution >= 4 is 29.6 Å². The third kappa shape index (κ3) is 42.6. The normalized spacial score (nSPS) is 11.7. The molecule has 0 heterocycles. The predicted molar refractivity (Wildman–Crippen MR) is 239 cm³/mol. The van der Waals surface area contributed by atoms with Crippen molar-refractivity contribution < 1.29 is 50.4 Å². The molecule has 8 nitrogen and oxygen atoms in total. The molecule has 0 aliphatic rings. The van der Waals surface area contributed by atoms with E-state index in [1.54, 1.807) is 4.90 Å². The molecule has 0 atom stereocenters. The van der Waals surface area contributed by atoms with Crippen molar-refractivity contribution in [1.29, 1.82) is 0 Å². The van der Waals surface area contributed by atoms with Gasteiger partial charge in [0.15, 0.2) is 0 Å². The molecule has 1 N–H and O–H groups in total. The van der Waals surface area contributed by atoms with Gasteiger partial charge in [-0.25, -0.2) is 0 Å². The molecule has 0 unspecified atom stereocenters. The van der Waals surface area contributed by atoms with Crippen molar-refractivity contribution in [2.75, 3.05) is 65.2 Å². The van der Waals surface area contributed by atoms with Crippen LogP contribution >= 0.6 is 11.8 Å². The molecule has 57 heavy (non-hydrogen) atoms. The zero-order valence-electron chi connectivity index (χ0n) is 37.4. The van der Waals surface area contributed by atoms with Crippen LogP contribution in [0.2, 0.25) is 0 Å². The molecule has 0 aliphatic carbocycles. The Hall–Kier alpha value is -1.36. The van der Waals surface area contributed by atoms with Gasteiger partial charge in [-0.3, -0.25) is 14.4 Å². The second-order valence-electron chi connectivity index (χ2n) is 16.4. The Morgan fingerprint density at radius 2 is 0.912 bits per heavy atom. The number of likely N-dealkylation sites (N-methyl/N-ethyl adjacent to an activating group) is 1. The molecule has 10 heteroatoms. The van der Waals surface area contributed by atoms with Gasteiger partial charge in [0.05, 0.1) is 39.5 Å². The van der Waals surface area contributed by atoms with E-state index < -0.39 is 0 Å². The van der Waals surface area contributed by atoms with Gasteiger partial charge in [0.25, 0.3) is 0 Å². The molecule has 0 aromatic rings. The smallest absolute Gasteiger partial charge is 0.305 e. The Balaban J connectivity index is 0. The molecular formula is C47H89BrN2O6S. The number of carbonyl (C=O) groups excluding carboxylic acids is 3. The highest BCUT2D eigenvalue weighted by molar-refractivity contribution is 7.99. The number of allylic oxidation sites excluding steroid dienone is 4. The summed E-state index contributed by atoms with van der Waals surface area (Å²) >= 11 is 1.52. The Labute approximate surface area is 366 Å². The molecule has 1 amide bonds. The van der Waals surface area contributed by atoms with Crippen LogP contribution in [-0.2, 0) is 23.9 Å². The van der Waals surface area contributed by atoms with Crippen LogP contribution in [0.1, 0.15) is 194 Å². The largest absolute Gasteiger partial charge is 1.00 e. The number of hydrogen-bond donors (Lipinski definition) is 1. The van der Waals surface area contributed by atoms with Gasteiger partial charge in [-0.1, -0.05) is 153 Å². The lowest BCUT2D eigenvalue weighted by atomic mass is 10.1. The van der Waals surface area contributed by atoms with Gasteiger partial charge >= 0.3 is 11.9 Å². The average molecular weight is 890 g/mol. The van der Waals surface area contributed by atoms with Gasteiger partial charge in [-0.05, 0) is 64.2 Å². The van der Waals surface area contributed by atoms with E-state index >= 15 is 0 Å². The van der Waals surface area contributed by atoms with Crippen molar-refractivity contribution in [3.05, 3.63) is 24.3 Å². The third-order valence-electron chi connectivity index (χ3n) is 10.3. The van der Waals surface area contributed by atoms with Crippen LogP contribution in [0.5, 0.6) is 0 Å². The number of carbonyl (C=O) groups is 3. The lowest BCUT2D eigenvalue weighted by Crippen LogP contribution is -3.00. The van der Waals surface area contributed by atoms with Gasteiger partial charge in [0.1, 0.15) is 25.6 Å². The van der Waals surface area contributed by atoms with E-state index in [2.05, 4.69) is 38.2 Å². The fourth-order valence-electron chi connectivity index (χ4n) is 6.53. The van der Waals surface area contributed by atoms with Crippen LogP contribution in [0.25, 0.3) is 0 Å². The van der Waals surface area contributed by atoms with E-state index in [4.69, 9.17) is 9.47 Å². The first-order chi connectivity index (χ1) is 27.3. The van der Waals surface area contributed by atoms with Gasteiger partial charge in [-0.2, -0.15) is 0 Å². The number of ether oxygens (including phenoxy) is 2. The maximum absolute atomic E-state index is 13.2. The summed E-state index contributed by atoms with van der Waals surface area (Å²) in [7, 11) is 4.05.